The molecule has 1 fully saturated rings. The molecule has 28 heavy (non-hydrogen) atoms. The summed E-state index contributed by atoms with van der Waals surface area (Å²) in [5, 5.41) is 20.5. The number of carbonyl (C=O) groups excluding carboxylic acids is 2. The predicted molar refractivity (Wildman–Crippen MR) is 102 cm³/mol. The second kappa shape index (κ2) is 8.29. The van der Waals surface area contributed by atoms with Gasteiger partial charge in [0.25, 0.3) is 5.69 Å². The number of carbonyl (C=O) groups is 2. The van der Waals surface area contributed by atoms with Gasteiger partial charge >= 0.3 is 5.97 Å². The van der Waals surface area contributed by atoms with Gasteiger partial charge < -0.3 is 20.5 Å². The standard InChI is InChI=1S/C18H21N3O6S/c1-10(22)15-13-8-14(28-7-6-19)16(20(13)17(15)23)18(24)27-9-11-2-4-12(5-3-11)21(25)26/h2-5,10,13,15,22H,6-9,19H2,1H3/t10-,13+,15-/m1/s1. The SMILES string of the molecule is C[C@@H](O)[C@H]1C(=O)N2C(C(=O)OCc3ccc([N+](=O)[O-])cc3)=C(SCCN)C[C@@H]12. The minimum Gasteiger partial charge on any atom is -0.456 e. The van der Waals surface area contributed by atoms with Crippen molar-refractivity contribution < 1.29 is 24.4 Å². The van der Waals surface area contributed by atoms with Crippen molar-refractivity contribution in [3.63, 3.8) is 0 Å². The quantitative estimate of drug-likeness (QED) is 0.283. The third-order valence-corrected chi connectivity index (χ3v) is 5.94. The lowest BCUT2D eigenvalue weighted by Gasteiger charge is -2.44. The first-order valence-electron chi connectivity index (χ1n) is 8.82. The molecule has 3 rings (SSSR count). The number of hydrogen-bond acceptors (Lipinski definition) is 8. The van der Waals surface area contributed by atoms with E-state index in [1.54, 1.807) is 6.92 Å². The average Bonchev–Trinajstić information content (AvgIpc) is 2.98. The van der Waals surface area contributed by atoms with E-state index in [2.05, 4.69) is 0 Å². The van der Waals surface area contributed by atoms with Crippen LogP contribution in [0.3, 0.4) is 0 Å². The highest BCUT2D eigenvalue weighted by atomic mass is 32.2. The molecule has 0 bridgehead atoms. The van der Waals surface area contributed by atoms with Gasteiger partial charge in [-0.2, -0.15) is 0 Å². The number of benzene rings is 1. The van der Waals surface area contributed by atoms with Gasteiger partial charge in [0.2, 0.25) is 5.91 Å². The Kier molecular flexibility index (Phi) is 6.01. The lowest BCUT2D eigenvalue weighted by molar-refractivity contribution is -0.384. The minimum atomic E-state index is -0.787. The van der Waals surface area contributed by atoms with Gasteiger partial charge in [0.05, 0.1) is 23.0 Å². The second-order valence-electron chi connectivity index (χ2n) is 6.65. The van der Waals surface area contributed by atoms with E-state index in [9.17, 15) is 24.8 Å². The van der Waals surface area contributed by atoms with Crippen molar-refractivity contribution in [2.75, 3.05) is 12.3 Å². The molecule has 1 aromatic rings. The number of ether oxygens (including phenoxy) is 1. The van der Waals surface area contributed by atoms with Gasteiger partial charge in [-0.3, -0.25) is 14.9 Å². The minimum absolute atomic E-state index is 0.0489. The van der Waals surface area contributed by atoms with E-state index in [1.807, 2.05) is 0 Å². The van der Waals surface area contributed by atoms with E-state index in [1.165, 1.54) is 40.9 Å². The normalized spacial score (nSPS) is 22.0. The van der Waals surface area contributed by atoms with Crippen molar-refractivity contribution in [2.45, 2.75) is 32.1 Å². The van der Waals surface area contributed by atoms with Gasteiger partial charge in [-0.05, 0) is 24.6 Å². The molecular weight excluding hydrogens is 386 g/mol. The molecule has 150 valence electrons. The molecule has 3 N–H and O–H groups in total. The zero-order valence-electron chi connectivity index (χ0n) is 15.2. The highest BCUT2D eigenvalue weighted by molar-refractivity contribution is 8.03. The van der Waals surface area contributed by atoms with E-state index in [4.69, 9.17) is 10.5 Å². The van der Waals surface area contributed by atoms with Crippen LogP contribution < -0.4 is 5.73 Å². The van der Waals surface area contributed by atoms with Gasteiger partial charge in [-0.15, -0.1) is 11.8 Å². The highest BCUT2D eigenvalue weighted by Gasteiger charge is 2.56. The Hall–Kier alpha value is -2.43. The van der Waals surface area contributed by atoms with Gasteiger partial charge in [-0.25, -0.2) is 4.79 Å². The average molecular weight is 407 g/mol. The van der Waals surface area contributed by atoms with Crippen LogP contribution in [0, 0.1) is 16.0 Å². The van der Waals surface area contributed by atoms with E-state index < -0.39 is 22.9 Å². The molecule has 0 aliphatic carbocycles. The maximum absolute atomic E-state index is 12.7. The summed E-state index contributed by atoms with van der Waals surface area (Å²) < 4.78 is 5.35. The van der Waals surface area contributed by atoms with E-state index >= 15 is 0 Å². The van der Waals surface area contributed by atoms with Gasteiger partial charge in [0.15, 0.2) is 0 Å². The molecule has 0 aromatic heterocycles. The third kappa shape index (κ3) is 3.75. The molecule has 0 spiro atoms. The van der Waals surface area contributed by atoms with Crippen LogP contribution in [0.1, 0.15) is 18.9 Å². The molecule has 1 saturated heterocycles. The topological polar surface area (TPSA) is 136 Å². The number of fused-ring (bicyclic) bond motifs is 1. The number of nitrogens with two attached hydrogens (primary N) is 1. The number of nitrogens with zero attached hydrogens (tertiary/aromatic N) is 2. The summed E-state index contributed by atoms with van der Waals surface area (Å²) in [6, 6.07) is 5.46. The predicted octanol–water partition coefficient (Wildman–Crippen LogP) is 1.15. The highest BCUT2D eigenvalue weighted by Crippen LogP contribution is 2.47. The Balaban J connectivity index is 1.72. The molecule has 1 amide bonds. The summed E-state index contributed by atoms with van der Waals surface area (Å²) in [6.45, 7) is 1.93. The van der Waals surface area contributed by atoms with Gasteiger partial charge in [0.1, 0.15) is 12.3 Å². The summed E-state index contributed by atoms with van der Waals surface area (Å²) in [7, 11) is 0. The maximum atomic E-state index is 12.7. The molecule has 0 unspecified atom stereocenters. The van der Waals surface area contributed by atoms with Crippen LogP contribution in [0.4, 0.5) is 5.69 Å². The Bertz CT molecular complexity index is 823. The summed E-state index contributed by atoms with van der Waals surface area (Å²) in [4.78, 5) is 37.5. The molecule has 0 saturated carbocycles. The van der Waals surface area contributed by atoms with E-state index in [0.717, 1.165) is 4.91 Å². The van der Waals surface area contributed by atoms with E-state index in [-0.39, 0.29) is 29.9 Å². The zero-order valence-corrected chi connectivity index (χ0v) is 16.1. The van der Waals surface area contributed by atoms with Crippen LogP contribution in [-0.2, 0) is 20.9 Å². The Morgan fingerprint density at radius 3 is 2.71 bits per heavy atom. The van der Waals surface area contributed by atoms with Crippen LogP contribution in [0.2, 0.25) is 0 Å². The lowest BCUT2D eigenvalue weighted by atomic mass is 9.83. The summed E-state index contributed by atoms with van der Waals surface area (Å²) in [5.74, 6) is -0.834. The zero-order chi connectivity index (χ0) is 20.4. The fourth-order valence-electron chi connectivity index (χ4n) is 3.46. The number of aliphatic hydroxyl groups is 1. The number of esters is 1. The van der Waals surface area contributed by atoms with Crippen LogP contribution in [-0.4, -0.2) is 51.2 Å². The summed E-state index contributed by atoms with van der Waals surface area (Å²) in [6.07, 6.45) is -0.293. The smallest absolute Gasteiger partial charge is 0.356 e. The molecule has 2 aliphatic rings. The molecule has 10 heteroatoms. The molecule has 9 nitrogen and oxygen atoms in total. The van der Waals surface area contributed by atoms with Crippen molar-refractivity contribution in [3.05, 3.63) is 50.5 Å². The van der Waals surface area contributed by atoms with Crippen LogP contribution in [0.5, 0.6) is 0 Å². The first-order valence-corrected chi connectivity index (χ1v) is 9.81. The summed E-state index contributed by atoms with van der Waals surface area (Å²) >= 11 is 1.41. The first-order chi connectivity index (χ1) is 13.3. The summed E-state index contributed by atoms with van der Waals surface area (Å²) in [5.41, 5.74) is 6.32. The number of aliphatic hydroxyl groups excluding tert-OH is 1. The number of non-ortho nitro benzene ring substituents is 1. The van der Waals surface area contributed by atoms with Crippen molar-refractivity contribution in [2.24, 2.45) is 11.7 Å². The number of β-lactam (4-membered cyclic amide) rings is 1. The Morgan fingerprint density at radius 1 is 1.46 bits per heavy atom. The molecule has 1 aromatic carbocycles. The van der Waals surface area contributed by atoms with Crippen molar-refractivity contribution in [1.29, 1.82) is 0 Å². The van der Waals surface area contributed by atoms with Gasteiger partial charge in [0, 0.05) is 35.8 Å². The first kappa shape index (κ1) is 20.3. The monoisotopic (exact) mass is 407 g/mol. The largest absolute Gasteiger partial charge is 0.456 e. The number of amides is 1. The maximum Gasteiger partial charge on any atom is 0.356 e. The fraction of sp³-hybridized carbons (Fsp3) is 0.444. The number of nitro groups is 1. The Labute approximate surface area is 165 Å². The number of thioether (sulfide) groups is 1. The number of hydrogen-bond donors (Lipinski definition) is 2. The van der Waals surface area contributed by atoms with Crippen molar-refractivity contribution in [3.8, 4) is 0 Å². The van der Waals surface area contributed by atoms with Crippen LogP contribution in [0.25, 0.3) is 0 Å². The fourth-order valence-corrected chi connectivity index (χ4v) is 4.43. The van der Waals surface area contributed by atoms with E-state index in [0.29, 0.717) is 24.3 Å². The third-order valence-electron chi connectivity index (χ3n) is 4.79. The lowest BCUT2D eigenvalue weighted by Crippen LogP contribution is -2.61. The molecule has 0 radical (unpaired) electrons. The van der Waals surface area contributed by atoms with Crippen molar-refractivity contribution in [1.82, 2.24) is 4.90 Å². The Morgan fingerprint density at radius 2 is 2.14 bits per heavy atom. The molecule has 2 aliphatic heterocycles. The van der Waals surface area contributed by atoms with Gasteiger partial charge in [-0.1, -0.05) is 0 Å². The molecular formula is C18H21N3O6S. The van der Waals surface area contributed by atoms with Crippen LogP contribution in [0.15, 0.2) is 34.9 Å². The number of rotatable bonds is 8. The van der Waals surface area contributed by atoms with Crippen molar-refractivity contribution >= 4 is 29.3 Å². The molecule has 2 heterocycles. The van der Waals surface area contributed by atoms with Crippen LogP contribution >= 0.6 is 11.8 Å². The second-order valence-corrected chi connectivity index (χ2v) is 7.84. The number of nitro benzene ring substituents is 1. The molecule has 3 atom stereocenters.